The molecule has 2 nitrogen and oxygen atoms in total. The van der Waals surface area contributed by atoms with Gasteiger partial charge in [-0.3, -0.25) is 0 Å². The van der Waals surface area contributed by atoms with Crippen molar-refractivity contribution in [3.05, 3.63) is 36.4 Å². The molecule has 0 unspecified atom stereocenters. The first-order valence-corrected chi connectivity index (χ1v) is 7.36. The maximum Gasteiger partial charge on any atom is 0.0342 e. The molecule has 0 amide bonds. The molecule has 0 atom stereocenters. The molecule has 0 aliphatic carbocycles. The second-order valence-electron chi connectivity index (χ2n) is 5.08. The highest BCUT2D eigenvalue weighted by Crippen LogP contribution is 2.18. The van der Waals surface area contributed by atoms with Crippen LogP contribution in [-0.2, 0) is 0 Å². The molecule has 1 N–H and O–H groups in total. The molecular weight excluding hydrogens is 232 g/mol. The molecule has 1 heterocycles. The molecule has 1 aliphatic rings. The first-order chi connectivity index (χ1) is 9.15. The summed E-state index contributed by atoms with van der Waals surface area (Å²) in [6.45, 7) is 12.4. The van der Waals surface area contributed by atoms with Gasteiger partial charge in [0.05, 0.1) is 0 Å². The van der Waals surface area contributed by atoms with Crippen molar-refractivity contribution in [3.8, 4) is 0 Å². The fourth-order valence-corrected chi connectivity index (χ4v) is 2.24. The van der Waals surface area contributed by atoms with Gasteiger partial charge in [0, 0.05) is 11.7 Å². The van der Waals surface area contributed by atoms with E-state index in [0.29, 0.717) is 6.04 Å². The van der Waals surface area contributed by atoms with E-state index >= 15 is 0 Å². The zero-order valence-electron chi connectivity index (χ0n) is 12.9. The Bertz CT molecular complexity index is 373. The SMILES string of the molecule is C=C(C)c1ccc(NC2CCN(C)CC2)cc1.CC. The third kappa shape index (κ3) is 5.07. The number of anilines is 1. The number of hydrogen-bond acceptors (Lipinski definition) is 2. The highest BCUT2D eigenvalue weighted by atomic mass is 15.1. The van der Waals surface area contributed by atoms with E-state index in [4.69, 9.17) is 0 Å². The Morgan fingerprint density at radius 2 is 1.68 bits per heavy atom. The molecule has 1 fully saturated rings. The van der Waals surface area contributed by atoms with Crippen molar-refractivity contribution < 1.29 is 0 Å². The molecule has 1 saturated heterocycles. The molecule has 2 heteroatoms. The van der Waals surface area contributed by atoms with Crippen molar-refractivity contribution >= 4 is 11.3 Å². The summed E-state index contributed by atoms with van der Waals surface area (Å²) in [7, 11) is 2.19. The Labute approximate surface area is 118 Å². The zero-order chi connectivity index (χ0) is 14.3. The van der Waals surface area contributed by atoms with E-state index in [1.54, 1.807) is 0 Å². The van der Waals surface area contributed by atoms with Crippen LogP contribution in [0.4, 0.5) is 5.69 Å². The summed E-state index contributed by atoms with van der Waals surface area (Å²) in [4.78, 5) is 2.39. The topological polar surface area (TPSA) is 15.3 Å². The molecule has 0 spiro atoms. The molecular formula is C17H28N2. The predicted octanol–water partition coefficient (Wildman–Crippen LogP) is 4.25. The zero-order valence-corrected chi connectivity index (χ0v) is 12.9. The highest BCUT2D eigenvalue weighted by Gasteiger charge is 2.15. The standard InChI is InChI=1S/C15H22N2.C2H6/c1-12(2)13-4-6-14(7-5-13)16-15-8-10-17(3)11-9-15;1-2/h4-7,15-16H,1,8-11H2,2-3H3;1-2H3. The average molecular weight is 260 g/mol. The van der Waals surface area contributed by atoms with Crippen molar-refractivity contribution in [1.29, 1.82) is 0 Å². The molecule has 1 aromatic rings. The van der Waals surface area contributed by atoms with Crippen molar-refractivity contribution in [1.82, 2.24) is 4.90 Å². The van der Waals surface area contributed by atoms with Crippen molar-refractivity contribution in [2.24, 2.45) is 0 Å². The number of allylic oxidation sites excluding steroid dienone is 1. The van der Waals surface area contributed by atoms with Gasteiger partial charge in [-0.15, -0.1) is 0 Å². The van der Waals surface area contributed by atoms with Crippen molar-refractivity contribution in [3.63, 3.8) is 0 Å². The number of nitrogens with one attached hydrogen (secondary N) is 1. The monoisotopic (exact) mass is 260 g/mol. The normalized spacial score (nSPS) is 16.4. The van der Waals surface area contributed by atoms with E-state index in [1.807, 2.05) is 20.8 Å². The lowest BCUT2D eigenvalue weighted by atomic mass is 10.0. The summed E-state index contributed by atoms with van der Waals surface area (Å²) in [5.41, 5.74) is 3.57. The van der Waals surface area contributed by atoms with Crippen LogP contribution in [0.5, 0.6) is 0 Å². The smallest absolute Gasteiger partial charge is 0.0342 e. The van der Waals surface area contributed by atoms with Gasteiger partial charge in [0.15, 0.2) is 0 Å². The van der Waals surface area contributed by atoms with Gasteiger partial charge in [-0.25, -0.2) is 0 Å². The third-order valence-electron chi connectivity index (χ3n) is 3.47. The van der Waals surface area contributed by atoms with Gasteiger partial charge in [0.2, 0.25) is 0 Å². The van der Waals surface area contributed by atoms with Crippen LogP contribution in [0.3, 0.4) is 0 Å². The Morgan fingerprint density at radius 3 is 2.16 bits per heavy atom. The minimum atomic E-state index is 0.627. The average Bonchev–Trinajstić information content (AvgIpc) is 2.44. The lowest BCUT2D eigenvalue weighted by Crippen LogP contribution is -2.36. The predicted molar refractivity (Wildman–Crippen MR) is 86.6 cm³/mol. The molecule has 2 rings (SSSR count). The maximum atomic E-state index is 3.95. The number of hydrogen-bond donors (Lipinski definition) is 1. The number of nitrogens with zero attached hydrogens (tertiary/aromatic N) is 1. The fourth-order valence-electron chi connectivity index (χ4n) is 2.24. The second-order valence-corrected chi connectivity index (χ2v) is 5.08. The van der Waals surface area contributed by atoms with Crippen molar-refractivity contribution in [2.45, 2.75) is 39.7 Å². The summed E-state index contributed by atoms with van der Waals surface area (Å²) in [5, 5.41) is 3.61. The Morgan fingerprint density at radius 1 is 1.16 bits per heavy atom. The number of likely N-dealkylation sites (tertiary alicyclic amines) is 1. The molecule has 19 heavy (non-hydrogen) atoms. The van der Waals surface area contributed by atoms with E-state index in [0.717, 1.165) is 5.57 Å². The molecule has 0 saturated carbocycles. The van der Waals surface area contributed by atoms with Crippen LogP contribution in [0.15, 0.2) is 30.8 Å². The van der Waals surface area contributed by atoms with Gasteiger partial charge in [0.1, 0.15) is 0 Å². The van der Waals surface area contributed by atoms with Crippen LogP contribution in [0.2, 0.25) is 0 Å². The van der Waals surface area contributed by atoms with Gasteiger partial charge in [0.25, 0.3) is 0 Å². The van der Waals surface area contributed by atoms with Crippen LogP contribution in [-0.4, -0.2) is 31.1 Å². The third-order valence-corrected chi connectivity index (χ3v) is 3.47. The van der Waals surface area contributed by atoms with E-state index in [-0.39, 0.29) is 0 Å². The second kappa shape index (κ2) is 8.00. The number of rotatable bonds is 3. The molecule has 0 radical (unpaired) electrons. The Balaban J connectivity index is 0.000000861. The van der Waals surface area contributed by atoms with Crippen LogP contribution in [0, 0.1) is 0 Å². The summed E-state index contributed by atoms with van der Waals surface area (Å²) < 4.78 is 0. The van der Waals surface area contributed by atoms with Gasteiger partial charge in [-0.1, -0.05) is 38.1 Å². The van der Waals surface area contributed by atoms with Gasteiger partial charge in [-0.05, 0) is 57.6 Å². The minimum absolute atomic E-state index is 0.627. The quantitative estimate of drug-likeness (QED) is 0.874. The highest BCUT2D eigenvalue weighted by molar-refractivity contribution is 5.63. The van der Waals surface area contributed by atoms with E-state index in [1.165, 1.54) is 37.2 Å². The van der Waals surface area contributed by atoms with Crippen LogP contribution in [0.25, 0.3) is 5.57 Å². The maximum absolute atomic E-state index is 3.95. The lowest BCUT2D eigenvalue weighted by molar-refractivity contribution is 0.264. The summed E-state index contributed by atoms with van der Waals surface area (Å²) in [6, 6.07) is 9.21. The van der Waals surface area contributed by atoms with Gasteiger partial charge >= 0.3 is 0 Å². The first kappa shape index (κ1) is 15.8. The van der Waals surface area contributed by atoms with Crippen LogP contribution in [0.1, 0.15) is 39.2 Å². The lowest BCUT2D eigenvalue weighted by Gasteiger charge is -2.30. The molecule has 1 aliphatic heterocycles. The van der Waals surface area contributed by atoms with Gasteiger partial charge < -0.3 is 10.2 Å². The Kier molecular flexibility index (Phi) is 6.65. The molecule has 0 bridgehead atoms. The number of benzene rings is 1. The fraction of sp³-hybridized carbons (Fsp3) is 0.529. The van der Waals surface area contributed by atoms with E-state index < -0.39 is 0 Å². The largest absolute Gasteiger partial charge is 0.382 e. The molecule has 106 valence electrons. The van der Waals surface area contributed by atoms with Crippen LogP contribution < -0.4 is 5.32 Å². The van der Waals surface area contributed by atoms with Crippen LogP contribution >= 0.6 is 0 Å². The summed E-state index contributed by atoms with van der Waals surface area (Å²) in [6.07, 6.45) is 2.47. The molecule has 0 aromatic heterocycles. The summed E-state index contributed by atoms with van der Waals surface area (Å²) >= 11 is 0. The Hall–Kier alpha value is -1.28. The van der Waals surface area contributed by atoms with E-state index in [9.17, 15) is 0 Å². The first-order valence-electron chi connectivity index (χ1n) is 7.36. The van der Waals surface area contributed by atoms with Crippen molar-refractivity contribution in [2.75, 3.05) is 25.5 Å². The van der Waals surface area contributed by atoms with Gasteiger partial charge in [-0.2, -0.15) is 0 Å². The van der Waals surface area contributed by atoms with E-state index in [2.05, 4.69) is 48.1 Å². The number of piperidine rings is 1. The molecule has 1 aromatic carbocycles. The summed E-state index contributed by atoms with van der Waals surface area (Å²) in [5.74, 6) is 0. The minimum Gasteiger partial charge on any atom is -0.382 e.